The van der Waals surface area contributed by atoms with E-state index < -0.39 is 11.2 Å². The summed E-state index contributed by atoms with van der Waals surface area (Å²) in [6.07, 6.45) is 5.23. The summed E-state index contributed by atoms with van der Waals surface area (Å²) >= 11 is 6.62. The molecule has 0 bridgehead atoms. The van der Waals surface area contributed by atoms with Gasteiger partial charge in [0.2, 0.25) is 5.95 Å². The molecule has 162 valence electrons. The van der Waals surface area contributed by atoms with E-state index in [1.54, 1.807) is 43.2 Å². The largest absolute Gasteiger partial charge is 0.351 e. The van der Waals surface area contributed by atoms with Crippen LogP contribution in [0.5, 0.6) is 0 Å². The van der Waals surface area contributed by atoms with E-state index in [1.165, 1.54) is 9.13 Å². The number of benzene rings is 1. The van der Waals surface area contributed by atoms with Gasteiger partial charge in [-0.15, -0.1) is 0 Å². The summed E-state index contributed by atoms with van der Waals surface area (Å²) in [5, 5.41) is 4.57. The van der Waals surface area contributed by atoms with E-state index in [1.807, 2.05) is 36.0 Å². The quantitative estimate of drug-likeness (QED) is 0.455. The van der Waals surface area contributed by atoms with Crippen LogP contribution in [0.3, 0.4) is 0 Å². The van der Waals surface area contributed by atoms with Crippen molar-refractivity contribution in [2.75, 3.05) is 5.32 Å². The Labute approximate surface area is 187 Å². The van der Waals surface area contributed by atoms with Crippen molar-refractivity contribution in [2.24, 2.45) is 21.1 Å². The average molecular weight is 450 g/mol. The summed E-state index contributed by atoms with van der Waals surface area (Å²) < 4.78 is 6.19. The Morgan fingerprint density at radius 2 is 1.75 bits per heavy atom. The summed E-state index contributed by atoms with van der Waals surface area (Å²) in [6.45, 7) is 0.0589. The molecule has 0 fully saturated rings. The first-order chi connectivity index (χ1) is 15.4. The Kier molecular flexibility index (Phi) is 4.63. The Bertz CT molecular complexity index is 1610. The lowest BCUT2D eigenvalue weighted by Crippen LogP contribution is -2.39. The second-order valence-electron chi connectivity index (χ2n) is 7.66. The van der Waals surface area contributed by atoms with E-state index in [0.717, 1.165) is 16.6 Å². The third-order valence-corrected chi connectivity index (χ3v) is 6.15. The van der Waals surface area contributed by atoms with Gasteiger partial charge in [-0.05, 0) is 29.8 Å². The number of hydrogen-bond donors (Lipinski definition) is 1. The molecule has 0 aliphatic rings. The number of nitrogens with zero attached hydrogens (tertiary/aromatic N) is 6. The van der Waals surface area contributed by atoms with Crippen LogP contribution in [0.2, 0.25) is 5.02 Å². The van der Waals surface area contributed by atoms with Gasteiger partial charge in [0.15, 0.2) is 11.2 Å². The number of fused-ring (bicyclic) bond motifs is 2. The molecule has 1 N–H and O–H groups in total. The first kappa shape index (κ1) is 20.1. The first-order valence-electron chi connectivity index (χ1n) is 9.92. The number of rotatable bonds is 4. The van der Waals surface area contributed by atoms with E-state index in [2.05, 4.69) is 15.3 Å². The smallest absolute Gasteiger partial charge is 0.332 e. The van der Waals surface area contributed by atoms with Gasteiger partial charge in [-0.1, -0.05) is 17.7 Å². The molecular formula is C22H20ClN7O2. The average Bonchev–Trinajstić information content (AvgIpc) is 3.32. The molecule has 0 aliphatic carbocycles. The van der Waals surface area contributed by atoms with Crippen LogP contribution in [-0.2, 0) is 27.7 Å². The summed E-state index contributed by atoms with van der Waals surface area (Å²) in [4.78, 5) is 34.9. The second-order valence-corrected chi connectivity index (χ2v) is 8.04. The zero-order valence-electron chi connectivity index (χ0n) is 17.7. The number of aromatic nitrogens is 6. The van der Waals surface area contributed by atoms with E-state index >= 15 is 0 Å². The third-order valence-electron chi connectivity index (χ3n) is 5.71. The maximum absolute atomic E-state index is 13.4. The van der Waals surface area contributed by atoms with E-state index in [-0.39, 0.29) is 6.54 Å². The number of nitrogens with one attached hydrogen (secondary N) is 1. The van der Waals surface area contributed by atoms with Crippen LogP contribution in [0.1, 0.15) is 5.56 Å². The zero-order chi connectivity index (χ0) is 22.6. The topological polar surface area (TPSA) is 91.7 Å². The SMILES string of the molecule is Cn1ccc2c(Cl)c(Cn3c(=O)c4c(nc(Nc5ccncc5)n4C)n(C)c3=O)ccc21. The van der Waals surface area contributed by atoms with Gasteiger partial charge in [-0.2, -0.15) is 4.98 Å². The lowest BCUT2D eigenvalue weighted by atomic mass is 10.1. The molecule has 9 nitrogen and oxygen atoms in total. The molecule has 10 heteroatoms. The first-order valence-corrected chi connectivity index (χ1v) is 10.3. The van der Waals surface area contributed by atoms with Crippen LogP contribution in [0.25, 0.3) is 22.1 Å². The predicted molar refractivity (Wildman–Crippen MR) is 125 cm³/mol. The fraction of sp³-hybridized carbons (Fsp3) is 0.182. The molecule has 0 aliphatic heterocycles. The highest BCUT2D eigenvalue weighted by atomic mass is 35.5. The number of aryl methyl sites for hydroxylation is 3. The molecule has 0 radical (unpaired) electrons. The number of halogens is 1. The molecule has 0 saturated carbocycles. The molecule has 0 atom stereocenters. The molecule has 1 aromatic carbocycles. The molecule has 32 heavy (non-hydrogen) atoms. The Morgan fingerprint density at radius 1 is 1.00 bits per heavy atom. The Balaban J connectivity index is 1.65. The number of anilines is 2. The third kappa shape index (κ3) is 3.01. The van der Waals surface area contributed by atoms with Gasteiger partial charge in [-0.25, -0.2) is 4.79 Å². The van der Waals surface area contributed by atoms with Crippen molar-refractivity contribution < 1.29 is 0 Å². The van der Waals surface area contributed by atoms with Gasteiger partial charge in [0.1, 0.15) is 0 Å². The zero-order valence-corrected chi connectivity index (χ0v) is 18.5. The lowest BCUT2D eigenvalue weighted by Gasteiger charge is -2.11. The van der Waals surface area contributed by atoms with Crippen LogP contribution in [0.4, 0.5) is 11.6 Å². The minimum Gasteiger partial charge on any atom is -0.351 e. The van der Waals surface area contributed by atoms with Crippen molar-refractivity contribution in [1.82, 2.24) is 28.2 Å². The molecule has 0 saturated heterocycles. The maximum atomic E-state index is 13.4. The normalized spacial score (nSPS) is 11.5. The lowest BCUT2D eigenvalue weighted by molar-refractivity contribution is 0.655. The van der Waals surface area contributed by atoms with Gasteiger partial charge in [0.25, 0.3) is 5.56 Å². The van der Waals surface area contributed by atoms with Crippen molar-refractivity contribution in [3.05, 3.63) is 80.3 Å². The van der Waals surface area contributed by atoms with E-state index in [4.69, 9.17) is 11.6 Å². The van der Waals surface area contributed by atoms with Crippen molar-refractivity contribution in [3.63, 3.8) is 0 Å². The number of hydrogen-bond acceptors (Lipinski definition) is 5. The van der Waals surface area contributed by atoms with Crippen LogP contribution in [-0.4, -0.2) is 28.2 Å². The summed E-state index contributed by atoms with van der Waals surface area (Å²) in [5.41, 5.74) is 2.19. The van der Waals surface area contributed by atoms with E-state index in [9.17, 15) is 9.59 Å². The summed E-state index contributed by atoms with van der Waals surface area (Å²) in [6, 6.07) is 9.28. The molecule has 4 aromatic heterocycles. The maximum Gasteiger partial charge on any atom is 0.332 e. The van der Waals surface area contributed by atoms with Gasteiger partial charge in [0, 0.05) is 56.3 Å². The highest BCUT2D eigenvalue weighted by molar-refractivity contribution is 6.36. The molecule has 0 amide bonds. The van der Waals surface area contributed by atoms with Gasteiger partial charge in [-0.3, -0.25) is 18.9 Å². The molecule has 0 spiro atoms. The fourth-order valence-electron chi connectivity index (χ4n) is 3.91. The van der Waals surface area contributed by atoms with Crippen molar-refractivity contribution in [3.8, 4) is 0 Å². The van der Waals surface area contributed by atoms with Gasteiger partial charge in [0.05, 0.1) is 11.6 Å². The molecule has 5 rings (SSSR count). The second kappa shape index (κ2) is 7.38. The Morgan fingerprint density at radius 3 is 2.50 bits per heavy atom. The Hall–Kier alpha value is -3.85. The highest BCUT2D eigenvalue weighted by Gasteiger charge is 2.20. The van der Waals surface area contributed by atoms with Gasteiger partial charge < -0.3 is 14.5 Å². The molecular weight excluding hydrogens is 430 g/mol. The van der Waals surface area contributed by atoms with E-state index in [0.29, 0.717) is 27.7 Å². The minimum absolute atomic E-state index is 0.0589. The molecule has 4 heterocycles. The standard InChI is InChI=1S/C22H20ClN7O2/c1-27-11-8-15-16(27)5-4-13(17(15)23)12-30-20(31)18-19(29(3)22(30)32)26-21(28(18)2)25-14-6-9-24-10-7-14/h4-11H,12H2,1-3H3,(H,24,25,26). The molecule has 0 unspecified atom stereocenters. The minimum atomic E-state index is -0.458. The highest BCUT2D eigenvalue weighted by Crippen LogP contribution is 2.28. The molecule has 5 aromatic rings. The van der Waals surface area contributed by atoms with Crippen LogP contribution in [0, 0.1) is 0 Å². The van der Waals surface area contributed by atoms with Crippen molar-refractivity contribution >= 4 is 45.3 Å². The van der Waals surface area contributed by atoms with Crippen LogP contribution in [0.15, 0.2) is 58.5 Å². The summed E-state index contributed by atoms with van der Waals surface area (Å²) in [7, 11) is 5.27. The van der Waals surface area contributed by atoms with Crippen LogP contribution >= 0.6 is 11.6 Å². The van der Waals surface area contributed by atoms with Crippen molar-refractivity contribution in [2.45, 2.75) is 6.54 Å². The van der Waals surface area contributed by atoms with Crippen LogP contribution < -0.4 is 16.6 Å². The number of pyridine rings is 1. The van der Waals surface area contributed by atoms with Gasteiger partial charge >= 0.3 is 5.69 Å². The fourth-order valence-corrected chi connectivity index (χ4v) is 4.19. The van der Waals surface area contributed by atoms with Crippen molar-refractivity contribution in [1.29, 1.82) is 0 Å². The number of imidazole rings is 1. The summed E-state index contributed by atoms with van der Waals surface area (Å²) in [5.74, 6) is 0.444. The predicted octanol–water partition coefficient (Wildman–Crippen LogP) is 2.77. The monoisotopic (exact) mass is 449 g/mol.